The Kier molecular flexibility index (Phi) is 3.20. The van der Waals surface area contributed by atoms with Crippen molar-refractivity contribution in [1.29, 1.82) is 0 Å². The van der Waals surface area contributed by atoms with Crippen LogP contribution in [-0.2, 0) is 0 Å². The number of allylic oxidation sites excluding steroid dienone is 1. The predicted molar refractivity (Wildman–Crippen MR) is 51.3 cm³/mol. The van der Waals surface area contributed by atoms with Crippen molar-refractivity contribution in [1.82, 2.24) is 4.98 Å². The smallest absolute Gasteiger partial charge is 0.0445 e. The second-order valence-electron chi connectivity index (χ2n) is 2.43. The van der Waals surface area contributed by atoms with E-state index in [0.717, 1.165) is 11.3 Å². The van der Waals surface area contributed by atoms with Crippen LogP contribution in [0.5, 0.6) is 0 Å². The minimum Gasteiger partial charge on any atom is -0.265 e. The summed E-state index contributed by atoms with van der Waals surface area (Å²) in [6.07, 6.45) is 7.23. The lowest BCUT2D eigenvalue weighted by Crippen LogP contribution is -1.92. The second kappa shape index (κ2) is 4.44. The van der Waals surface area contributed by atoms with Crippen LogP contribution in [0, 0.1) is 0 Å². The molecule has 0 unspecified atom stereocenters. The first-order valence-electron chi connectivity index (χ1n) is 3.90. The van der Waals surface area contributed by atoms with Crippen LogP contribution in [0.4, 0.5) is 0 Å². The standard InChI is InChI=1S/C10H12N2/c1-3-6-12-9(2)10-4-7-11-8-5-10/h3-8H,1-2H3. The molecule has 0 saturated carbocycles. The Labute approximate surface area is 72.7 Å². The molecule has 1 aromatic rings. The number of pyridine rings is 1. The third kappa shape index (κ3) is 2.31. The van der Waals surface area contributed by atoms with Crippen LogP contribution in [0.2, 0.25) is 0 Å². The summed E-state index contributed by atoms with van der Waals surface area (Å²) in [5.41, 5.74) is 2.12. The number of nitrogens with zero attached hydrogens (tertiary/aromatic N) is 2. The fraction of sp³-hybridized carbons (Fsp3) is 0.200. The van der Waals surface area contributed by atoms with Gasteiger partial charge in [-0.3, -0.25) is 9.98 Å². The van der Waals surface area contributed by atoms with Crippen molar-refractivity contribution >= 4 is 5.71 Å². The number of hydrogen-bond donors (Lipinski definition) is 0. The average molecular weight is 160 g/mol. The minimum absolute atomic E-state index is 1.01. The molecule has 0 saturated heterocycles. The number of rotatable bonds is 2. The van der Waals surface area contributed by atoms with Gasteiger partial charge < -0.3 is 0 Å². The molecule has 0 amide bonds. The largest absolute Gasteiger partial charge is 0.265 e. The van der Waals surface area contributed by atoms with Gasteiger partial charge in [0.15, 0.2) is 0 Å². The summed E-state index contributed by atoms with van der Waals surface area (Å²) in [4.78, 5) is 8.16. The van der Waals surface area contributed by atoms with E-state index in [1.54, 1.807) is 18.6 Å². The highest BCUT2D eigenvalue weighted by Gasteiger charge is 1.92. The Morgan fingerprint density at radius 1 is 1.42 bits per heavy atom. The highest BCUT2D eigenvalue weighted by molar-refractivity contribution is 5.98. The van der Waals surface area contributed by atoms with Crippen LogP contribution in [0.15, 0.2) is 41.8 Å². The normalized spacial score (nSPS) is 12.3. The molecule has 2 heteroatoms. The van der Waals surface area contributed by atoms with Gasteiger partial charge in [0.1, 0.15) is 0 Å². The van der Waals surface area contributed by atoms with Crippen LogP contribution in [0.3, 0.4) is 0 Å². The van der Waals surface area contributed by atoms with Gasteiger partial charge in [0.25, 0.3) is 0 Å². The van der Waals surface area contributed by atoms with E-state index in [-0.39, 0.29) is 0 Å². The monoisotopic (exact) mass is 160 g/mol. The van der Waals surface area contributed by atoms with E-state index >= 15 is 0 Å². The molecule has 0 spiro atoms. The summed E-state index contributed by atoms with van der Waals surface area (Å²) in [5, 5.41) is 0. The minimum atomic E-state index is 1.01. The van der Waals surface area contributed by atoms with Gasteiger partial charge in [-0.2, -0.15) is 0 Å². The molecule has 62 valence electrons. The van der Waals surface area contributed by atoms with E-state index in [9.17, 15) is 0 Å². The van der Waals surface area contributed by atoms with Gasteiger partial charge >= 0.3 is 0 Å². The molecule has 1 heterocycles. The summed E-state index contributed by atoms with van der Waals surface area (Å²) < 4.78 is 0. The van der Waals surface area contributed by atoms with Crippen LogP contribution in [0.1, 0.15) is 19.4 Å². The average Bonchev–Trinajstić information content (AvgIpc) is 2.15. The fourth-order valence-electron chi connectivity index (χ4n) is 0.854. The van der Waals surface area contributed by atoms with Gasteiger partial charge in [-0.1, -0.05) is 6.08 Å². The number of aliphatic imine (C=N–C) groups is 1. The molecular formula is C10H12N2. The first-order valence-corrected chi connectivity index (χ1v) is 3.90. The summed E-state index contributed by atoms with van der Waals surface area (Å²) in [7, 11) is 0. The quantitative estimate of drug-likeness (QED) is 0.610. The summed E-state index contributed by atoms with van der Waals surface area (Å²) in [5.74, 6) is 0. The van der Waals surface area contributed by atoms with Gasteiger partial charge in [0.2, 0.25) is 0 Å². The Balaban J connectivity index is 2.85. The van der Waals surface area contributed by atoms with Crippen molar-refractivity contribution in [3.8, 4) is 0 Å². The van der Waals surface area contributed by atoms with Crippen molar-refractivity contribution in [2.24, 2.45) is 4.99 Å². The lowest BCUT2D eigenvalue weighted by Gasteiger charge is -1.96. The van der Waals surface area contributed by atoms with E-state index in [2.05, 4.69) is 9.98 Å². The fourth-order valence-corrected chi connectivity index (χ4v) is 0.854. The van der Waals surface area contributed by atoms with Crippen LogP contribution in [0.25, 0.3) is 0 Å². The van der Waals surface area contributed by atoms with E-state index in [0.29, 0.717) is 0 Å². The topological polar surface area (TPSA) is 25.2 Å². The molecule has 1 rings (SSSR count). The summed E-state index contributed by atoms with van der Waals surface area (Å²) >= 11 is 0. The third-order valence-corrected chi connectivity index (χ3v) is 1.52. The molecule has 0 fully saturated rings. The van der Waals surface area contributed by atoms with Crippen molar-refractivity contribution in [2.75, 3.05) is 0 Å². The van der Waals surface area contributed by atoms with E-state index in [1.165, 1.54) is 0 Å². The Morgan fingerprint density at radius 3 is 2.67 bits per heavy atom. The molecule has 0 aliphatic rings. The molecule has 2 nitrogen and oxygen atoms in total. The molecule has 0 aliphatic carbocycles. The SMILES string of the molecule is CC=CN=C(C)c1ccncc1. The van der Waals surface area contributed by atoms with Gasteiger partial charge in [-0.25, -0.2) is 0 Å². The van der Waals surface area contributed by atoms with Gasteiger partial charge in [-0.15, -0.1) is 0 Å². The number of aromatic nitrogens is 1. The van der Waals surface area contributed by atoms with E-state index in [4.69, 9.17) is 0 Å². The zero-order valence-corrected chi connectivity index (χ0v) is 7.36. The Hall–Kier alpha value is -1.44. The van der Waals surface area contributed by atoms with Crippen LogP contribution < -0.4 is 0 Å². The van der Waals surface area contributed by atoms with Crippen molar-refractivity contribution in [3.05, 3.63) is 42.4 Å². The zero-order valence-electron chi connectivity index (χ0n) is 7.36. The van der Waals surface area contributed by atoms with E-state index < -0.39 is 0 Å². The van der Waals surface area contributed by atoms with Gasteiger partial charge in [0.05, 0.1) is 0 Å². The molecular weight excluding hydrogens is 148 g/mol. The summed E-state index contributed by atoms with van der Waals surface area (Å²) in [6.45, 7) is 3.93. The maximum atomic E-state index is 4.22. The highest BCUT2D eigenvalue weighted by atomic mass is 14.7. The predicted octanol–water partition coefficient (Wildman–Crippen LogP) is 2.42. The Bertz CT molecular complexity index is 286. The van der Waals surface area contributed by atoms with Crippen LogP contribution in [-0.4, -0.2) is 10.7 Å². The van der Waals surface area contributed by atoms with E-state index in [1.807, 2.05) is 32.1 Å². The molecule has 0 N–H and O–H groups in total. The first-order chi connectivity index (χ1) is 5.84. The molecule has 1 aromatic heterocycles. The maximum Gasteiger partial charge on any atom is 0.0445 e. The molecule has 0 aliphatic heterocycles. The first kappa shape index (κ1) is 8.65. The van der Waals surface area contributed by atoms with Gasteiger partial charge in [0, 0.05) is 24.3 Å². The molecule has 0 radical (unpaired) electrons. The molecule has 12 heavy (non-hydrogen) atoms. The lowest BCUT2D eigenvalue weighted by molar-refractivity contribution is 1.31. The maximum absolute atomic E-state index is 4.22. The molecule has 0 bridgehead atoms. The van der Waals surface area contributed by atoms with Crippen molar-refractivity contribution < 1.29 is 0 Å². The molecule has 0 aromatic carbocycles. The second-order valence-corrected chi connectivity index (χ2v) is 2.43. The summed E-state index contributed by atoms with van der Waals surface area (Å²) in [6, 6.07) is 3.89. The lowest BCUT2D eigenvalue weighted by atomic mass is 10.2. The van der Waals surface area contributed by atoms with Crippen LogP contribution >= 0.6 is 0 Å². The van der Waals surface area contributed by atoms with Gasteiger partial charge in [-0.05, 0) is 31.5 Å². The highest BCUT2D eigenvalue weighted by Crippen LogP contribution is 1.98. The third-order valence-electron chi connectivity index (χ3n) is 1.52. The van der Waals surface area contributed by atoms with Crippen molar-refractivity contribution in [2.45, 2.75) is 13.8 Å². The molecule has 0 atom stereocenters. The number of hydrogen-bond acceptors (Lipinski definition) is 2. The Morgan fingerprint density at radius 2 is 2.08 bits per heavy atom. The van der Waals surface area contributed by atoms with Crippen molar-refractivity contribution in [3.63, 3.8) is 0 Å². The zero-order chi connectivity index (χ0) is 8.81.